The van der Waals surface area contributed by atoms with Gasteiger partial charge in [0.15, 0.2) is 0 Å². The van der Waals surface area contributed by atoms with Gasteiger partial charge in [0.1, 0.15) is 11.5 Å². The van der Waals surface area contributed by atoms with Crippen molar-refractivity contribution < 1.29 is 19.1 Å². The second-order valence-corrected chi connectivity index (χ2v) is 15.0. The first-order chi connectivity index (χ1) is 27.3. The number of hydrogen-bond acceptors (Lipinski definition) is 4. The normalized spacial score (nSPS) is 11.4. The van der Waals surface area contributed by atoms with E-state index in [4.69, 9.17) is 9.47 Å². The summed E-state index contributed by atoms with van der Waals surface area (Å²) < 4.78 is 12.9. The van der Waals surface area contributed by atoms with Gasteiger partial charge < -0.3 is 9.47 Å². The highest BCUT2D eigenvalue weighted by atomic mass is 16.5. The second kappa shape index (κ2) is 15.8. The molecule has 0 saturated heterocycles. The van der Waals surface area contributed by atoms with Gasteiger partial charge in [-0.15, -0.1) is 0 Å². The molecule has 0 aliphatic carbocycles. The molecule has 0 spiro atoms. The standard InChI is InChI=1S/C52H46O4/c1-5-7-13-35-23-29-43-45(31-35)47(39-15-9-11-17-41(39)49(43)55-51(53)37-25-19-33(3)20-26-37)48-40-16-10-12-18-42(40)50(56-52(54)38-27-21-34(4)22-28-38)44-30-24-36(14-8-6-2)32-46(44)48/h9-12,15-32H,5-8,13-14H2,1-4H3. The van der Waals surface area contributed by atoms with E-state index in [9.17, 15) is 9.59 Å². The second-order valence-electron chi connectivity index (χ2n) is 15.0. The summed E-state index contributed by atoms with van der Waals surface area (Å²) in [5, 5.41) is 7.43. The molecule has 0 unspecified atom stereocenters. The lowest BCUT2D eigenvalue weighted by Gasteiger charge is -2.22. The molecule has 8 aromatic carbocycles. The van der Waals surface area contributed by atoms with Crippen molar-refractivity contribution in [2.24, 2.45) is 0 Å². The van der Waals surface area contributed by atoms with Crippen LogP contribution in [0.15, 0.2) is 133 Å². The summed E-state index contributed by atoms with van der Waals surface area (Å²) in [7, 11) is 0. The molecule has 0 atom stereocenters. The molecule has 8 aromatic rings. The highest BCUT2D eigenvalue weighted by Gasteiger charge is 2.25. The Hall–Kier alpha value is -6.26. The molecule has 0 saturated carbocycles. The van der Waals surface area contributed by atoms with Crippen LogP contribution in [0, 0.1) is 13.8 Å². The van der Waals surface area contributed by atoms with Gasteiger partial charge in [0.2, 0.25) is 0 Å². The minimum Gasteiger partial charge on any atom is -0.422 e. The molecular formula is C52H46O4. The molecule has 0 heterocycles. The van der Waals surface area contributed by atoms with Crippen LogP contribution in [0.5, 0.6) is 11.5 Å². The first-order valence-corrected chi connectivity index (χ1v) is 19.9. The zero-order valence-electron chi connectivity index (χ0n) is 32.6. The Balaban J connectivity index is 1.45. The van der Waals surface area contributed by atoms with E-state index in [1.807, 2.05) is 74.5 Å². The average Bonchev–Trinajstić information content (AvgIpc) is 3.22. The Bertz CT molecular complexity index is 2570. The van der Waals surface area contributed by atoms with E-state index < -0.39 is 11.9 Å². The molecule has 0 amide bonds. The molecule has 0 aliphatic rings. The van der Waals surface area contributed by atoms with Gasteiger partial charge in [-0.3, -0.25) is 0 Å². The van der Waals surface area contributed by atoms with E-state index in [1.165, 1.54) is 11.1 Å². The number of unbranched alkanes of at least 4 members (excludes halogenated alkanes) is 2. The maximum atomic E-state index is 13.8. The predicted molar refractivity (Wildman–Crippen MR) is 231 cm³/mol. The summed E-state index contributed by atoms with van der Waals surface area (Å²) in [6.07, 6.45) is 6.18. The van der Waals surface area contributed by atoms with Gasteiger partial charge in [-0.25, -0.2) is 9.59 Å². The van der Waals surface area contributed by atoms with Crippen molar-refractivity contribution in [3.05, 3.63) is 167 Å². The van der Waals surface area contributed by atoms with Crippen molar-refractivity contribution in [3.63, 3.8) is 0 Å². The lowest BCUT2D eigenvalue weighted by molar-refractivity contribution is 0.0730. The fourth-order valence-corrected chi connectivity index (χ4v) is 7.89. The van der Waals surface area contributed by atoms with Crippen molar-refractivity contribution >= 4 is 55.0 Å². The van der Waals surface area contributed by atoms with Crippen molar-refractivity contribution in [3.8, 4) is 22.6 Å². The number of benzene rings is 8. The molecule has 0 radical (unpaired) electrons. The fourth-order valence-electron chi connectivity index (χ4n) is 7.89. The Morgan fingerprint density at radius 1 is 0.429 bits per heavy atom. The fraction of sp³-hybridized carbons (Fsp3) is 0.192. The number of ether oxygens (including phenoxy) is 2. The summed E-state index contributed by atoms with van der Waals surface area (Å²) in [4.78, 5) is 27.7. The molecule has 0 bridgehead atoms. The third kappa shape index (κ3) is 7.04. The predicted octanol–water partition coefficient (Wildman–Crippen LogP) is 13.7. The summed E-state index contributed by atoms with van der Waals surface area (Å²) >= 11 is 0. The van der Waals surface area contributed by atoms with Crippen LogP contribution in [-0.4, -0.2) is 11.9 Å². The van der Waals surface area contributed by atoms with Gasteiger partial charge in [-0.05, 0) is 108 Å². The number of carbonyl (C=O) groups is 2. The molecule has 0 fully saturated rings. The van der Waals surface area contributed by atoms with Gasteiger partial charge >= 0.3 is 11.9 Å². The first kappa shape index (κ1) is 36.7. The minimum atomic E-state index is -0.393. The van der Waals surface area contributed by atoms with Crippen molar-refractivity contribution in [1.29, 1.82) is 0 Å². The lowest BCUT2D eigenvalue weighted by Crippen LogP contribution is -2.10. The molecule has 0 aromatic heterocycles. The molecule has 4 heteroatoms. The van der Waals surface area contributed by atoms with Gasteiger partial charge in [0, 0.05) is 21.5 Å². The summed E-state index contributed by atoms with van der Waals surface area (Å²) in [6.45, 7) is 8.44. The Morgan fingerprint density at radius 3 is 1.16 bits per heavy atom. The van der Waals surface area contributed by atoms with E-state index in [0.717, 1.165) is 104 Å². The maximum absolute atomic E-state index is 13.8. The van der Waals surface area contributed by atoms with Crippen molar-refractivity contribution in [2.45, 2.75) is 66.2 Å². The zero-order chi connectivity index (χ0) is 38.8. The van der Waals surface area contributed by atoms with Gasteiger partial charge in [0.05, 0.1) is 11.1 Å². The van der Waals surface area contributed by atoms with Gasteiger partial charge in [-0.1, -0.05) is 147 Å². The van der Waals surface area contributed by atoms with Crippen LogP contribution in [-0.2, 0) is 12.8 Å². The Kier molecular flexibility index (Phi) is 10.4. The first-order valence-electron chi connectivity index (χ1n) is 19.9. The topological polar surface area (TPSA) is 52.6 Å². The number of carbonyl (C=O) groups excluding carboxylic acids is 2. The number of fused-ring (bicyclic) bond motifs is 4. The lowest BCUT2D eigenvalue weighted by atomic mass is 9.84. The summed E-state index contributed by atoms with van der Waals surface area (Å²) in [6, 6.07) is 44.7. The van der Waals surface area contributed by atoms with E-state index in [0.29, 0.717) is 22.6 Å². The van der Waals surface area contributed by atoms with Crippen LogP contribution in [0.3, 0.4) is 0 Å². The van der Waals surface area contributed by atoms with Crippen LogP contribution >= 0.6 is 0 Å². The van der Waals surface area contributed by atoms with Crippen LogP contribution in [0.2, 0.25) is 0 Å². The molecule has 0 N–H and O–H groups in total. The van der Waals surface area contributed by atoms with Crippen LogP contribution in [0.25, 0.3) is 54.2 Å². The largest absolute Gasteiger partial charge is 0.422 e. The highest BCUT2D eigenvalue weighted by Crippen LogP contribution is 2.50. The number of rotatable bonds is 11. The Labute approximate surface area is 328 Å². The number of hydrogen-bond donors (Lipinski definition) is 0. The average molecular weight is 735 g/mol. The van der Waals surface area contributed by atoms with Crippen LogP contribution < -0.4 is 9.47 Å². The number of esters is 2. The Morgan fingerprint density at radius 2 is 0.786 bits per heavy atom. The third-order valence-corrected chi connectivity index (χ3v) is 10.9. The van der Waals surface area contributed by atoms with Crippen molar-refractivity contribution in [2.75, 3.05) is 0 Å². The van der Waals surface area contributed by atoms with E-state index in [2.05, 4.69) is 86.6 Å². The summed E-state index contributed by atoms with van der Waals surface area (Å²) in [5.41, 5.74) is 7.75. The molecule has 0 aliphatic heterocycles. The monoisotopic (exact) mass is 734 g/mol. The van der Waals surface area contributed by atoms with E-state index in [1.54, 1.807) is 0 Å². The van der Waals surface area contributed by atoms with Gasteiger partial charge in [-0.2, -0.15) is 0 Å². The van der Waals surface area contributed by atoms with E-state index >= 15 is 0 Å². The molecule has 56 heavy (non-hydrogen) atoms. The molecule has 8 rings (SSSR count). The van der Waals surface area contributed by atoms with Crippen LogP contribution in [0.1, 0.15) is 82.5 Å². The molecular weight excluding hydrogens is 689 g/mol. The quantitative estimate of drug-likeness (QED) is 0.0754. The highest BCUT2D eigenvalue weighted by molar-refractivity contribution is 6.27. The van der Waals surface area contributed by atoms with Crippen molar-refractivity contribution in [1.82, 2.24) is 0 Å². The number of aryl methyl sites for hydroxylation is 4. The summed E-state index contributed by atoms with van der Waals surface area (Å²) in [5.74, 6) is 0.312. The molecule has 4 nitrogen and oxygen atoms in total. The third-order valence-electron chi connectivity index (χ3n) is 10.9. The minimum absolute atomic E-state index is 0.393. The van der Waals surface area contributed by atoms with Crippen LogP contribution in [0.4, 0.5) is 0 Å². The van der Waals surface area contributed by atoms with E-state index in [-0.39, 0.29) is 0 Å². The van der Waals surface area contributed by atoms with Gasteiger partial charge in [0.25, 0.3) is 0 Å². The molecule has 278 valence electrons. The zero-order valence-corrected chi connectivity index (χ0v) is 32.6. The smallest absolute Gasteiger partial charge is 0.343 e. The SMILES string of the molecule is CCCCc1ccc2c(OC(=O)c3ccc(C)cc3)c3ccccc3c(-c3c4ccccc4c(OC(=O)c4ccc(C)cc4)c4ccc(CCCC)cc34)c2c1. The maximum Gasteiger partial charge on any atom is 0.343 e.